The van der Waals surface area contributed by atoms with Gasteiger partial charge in [0, 0.05) is 19.2 Å². The number of esters is 1. The Kier molecular flexibility index (Phi) is 9.11. The Morgan fingerprint density at radius 3 is 2.62 bits per heavy atom. The zero-order valence-corrected chi connectivity index (χ0v) is 17.9. The predicted molar refractivity (Wildman–Crippen MR) is 119 cm³/mol. The normalized spacial score (nSPS) is 10.6. The summed E-state index contributed by atoms with van der Waals surface area (Å²) in [5, 5.41) is 9.79. The van der Waals surface area contributed by atoms with Crippen molar-refractivity contribution in [3.63, 3.8) is 0 Å². The Morgan fingerprint density at radius 1 is 1.21 bits per heavy atom. The lowest BCUT2D eigenvalue weighted by Gasteiger charge is -2.15. The topological polar surface area (TPSA) is 63.2 Å². The highest BCUT2D eigenvalue weighted by molar-refractivity contribution is 7.80. The van der Waals surface area contributed by atoms with Crippen LogP contribution in [0.25, 0.3) is 0 Å². The van der Waals surface area contributed by atoms with E-state index < -0.39 is 0 Å². The van der Waals surface area contributed by atoms with Gasteiger partial charge in [0.15, 0.2) is 5.11 Å². The van der Waals surface area contributed by atoms with Crippen molar-refractivity contribution in [2.75, 3.05) is 20.7 Å². The highest BCUT2D eigenvalue weighted by Gasteiger charge is 2.06. The van der Waals surface area contributed by atoms with Crippen LogP contribution in [0, 0.1) is 0 Å². The molecule has 0 heterocycles. The van der Waals surface area contributed by atoms with Crippen LogP contribution in [0.15, 0.2) is 53.6 Å². The van der Waals surface area contributed by atoms with Gasteiger partial charge < -0.3 is 14.8 Å². The number of nitrogens with one attached hydrogen (secondary N) is 1. The number of benzene rings is 2. The first kappa shape index (κ1) is 22.4. The molecule has 29 heavy (non-hydrogen) atoms. The molecule has 0 saturated carbocycles. The van der Waals surface area contributed by atoms with Crippen LogP contribution >= 0.6 is 12.2 Å². The fourth-order valence-corrected chi connectivity index (χ4v) is 2.57. The van der Waals surface area contributed by atoms with Gasteiger partial charge in [0.2, 0.25) is 0 Å². The molecule has 0 aromatic heterocycles. The number of unbranched alkanes of at least 4 members (excludes halogenated alkanes) is 1. The molecule has 0 aliphatic carbocycles. The van der Waals surface area contributed by atoms with Gasteiger partial charge in [-0.3, -0.25) is 0 Å². The molecule has 0 saturated heterocycles. The van der Waals surface area contributed by atoms with Gasteiger partial charge in [-0.25, -0.2) is 9.80 Å². The van der Waals surface area contributed by atoms with E-state index in [1.165, 1.54) is 7.11 Å². The van der Waals surface area contributed by atoms with Gasteiger partial charge in [0.05, 0.1) is 18.9 Å². The minimum atomic E-state index is -0.356. The third-order valence-electron chi connectivity index (χ3n) is 4.16. The average molecular weight is 414 g/mol. The Labute approximate surface area is 177 Å². The number of thiocarbonyl (C=S) groups is 1. The molecule has 2 rings (SSSR count). The van der Waals surface area contributed by atoms with E-state index in [2.05, 4.69) is 17.3 Å². The van der Waals surface area contributed by atoms with Gasteiger partial charge in [-0.15, -0.1) is 0 Å². The van der Waals surface area contributed by atoms with Gasteiger partial charge in [-0.2, -0.15) is 5.10 Å². The molecule has 0 amide bonds. The summed E-state index contributed by atoms with van der Waals surface area (Å²) in [6.45, 7) is 3.35. The second-order valence-electron chi connectivity index (χ2n) is 6.37. The van der Waals surface area contributed by atoms with Crippen molar-refractivity contribution in [3.8, 4) is 5.75 Å². The lowest BCUT2D eigenvalue weighted by atomic mass is 10.1. The number of hydrogen-bond acceptors (Lipinski definition) is 5. The molecule has 2 aromatic carbocycles. The fraction of sp³-hybridized carbons (Fsp3) is 0.318. The lowest BCUT2D eigenvalue weighted by Crippen LogP contribution is -2.34. The summed E-state index contributed by atoms with van der Waals surface area (Å²) in [7, 11) is 3.17. The number of hydrazone groups is 1. The maximum atomic E-state index is 11.5. The number of nitrogens with zero attached hydrogens (tertiary/aromatic N) is 2. The molecule has 0 spiro atoms. The molecule has 0 radical (unpaired) electrons. The van der Waals surface area contributed by atoms with Crippen LogP contribution in [0.4, 0.5) is 0 Å². The van der Waals surface area contributed by atoms with Crippen molar-refractivity contribution in [3.05, 3.63) is 65.2 Å². The third-order valence-corrected chi connectivity index (χ3v) is 4.57. The van der Waals surface area contributed by atoms with Crippen LogP contribution in [0.2, 0.25) is 0 Å². The SMILES string of the molecule is CCCCNC(=S)N(C)/N=C\c1ccccc1OCc1ccc(C(=O)OC)cc1. The van der Waals surface area contributed by atoms with Crippen LogP contribution in [0.5, 0.6) is 5.75 Å². The number of hydrogen-bond donors (Lipinski definition) is 1. The number of ether oxygens (including phenoxy) is 2. The average Bonchev–Trinajstić information content (AvgIpc) is 2.76. The van der Waals surface area contributed by atoms with Crippen LogP contribution < -0.4 is 10.1 Å². The van der Waals surface area contributed by atoms with Crippen molar-refractivity contribution in [1.29, 1.82) is 0 Å². The van der Waals surface area contributed by atoms with Gasteiger partial charge in [-0.05, 0) is 48.5 Å². The third kappa shape index (κ3) is 7.19. The maximum absolute atomic E-state index is 11.5. The van der Waals surface area contributed by atoms with Crippen LogP contribution in [0.3, 0.4) is 0 Å². The summed E-state index contributed by atoms with van der Waals surface area (Å²) in [5.41, 5.74) is 2.31. The van der Waals surface area contributed by atoms with Crippen LogP contribution in [0.1, 0.15) is 41.3 Å². The Bertz CT molecular complexity index is 837. The summed E-state index contributed by atoms with van der Waals surface area (Å²) < 4.78 is 10.7. The van der Waals surface area contributed by atoms with E-state index >= 15 is 0 Å². The smallest absolute Gasteiger partial charge is 0.337 e. The van der Waals surface area contributed by atoms with Crippen LogP contribution in [-0.4, -0.2) is 43.0 Å². The molecular weight excluding hydrogens is 386 g/mol. The number of rotatable bonds is 9. The van der Waals surface area contributed by atoms with E-state index in [1.54, 1.807) is 23.4 Å². The first-order chi connectivity index (χ1) is 14.0. The second kappa shape index (κ2) is 11.8. The van der Waals surface area contributed by atoms with Crippen molar-refractivity contribution in [2.45, 2.75) is 26.4 Å². The molecule has 0 aliphatic rings. The van der Waals surface area contributed by atoms with Crippen LogP contribution in [-0.2, 0) is 11.3 Å². The standard InChI is InChI=1S/C22H27N3O3S/c1-4-5-14-23-22(29)25(2)24-15-19-8-6-7-9-20(19)28-16-17-10-12-18(13-11-17)21(26)27-3/h6-13,15H,4-5,14,16H2,1-3H3,(H,23,29)/b24-15-. The van der Waals surface area contributed by atoms with Crippen molar-refractivity contribution >= 4 is 29.5 Å². The molecule has 7 heteroatoms. The van der Waals surface area contributed by atoms with Gasteiger partial charge in [-0.1, -0.05) is 37.6 Å². The molecular formula is C22H27N3O3S. The Hall–Kier alpha value is -2.93. The largest absolute Gasteiger partial charge is 0.488 e. The number of para-hydroxylation sites is 1. The quantitative estimate of drug-likeness (QED) is 0.220. The molecule has 6 nitrogen and oxygen atoms in total. The minimum Gasteiger partial charge on any atom is -0.488 e. The second-order valence-corrected chi connectivity index (χ2v) is 6.76. The highest BCUT2D eigenvalue weighted by atomic mass is 32.1. The molecule has 0 unspecified atom stereocenters. The summed E-state index contributed by atoms with van der Waals surface area (Å²) in [4.78, 5) is 11.5. The predicted octanol–water partition coefficient (Wildman–Crippen LogP) is 3.99. The Balaban J connectivity index is 1.97. The number of carbonyl (C=O) groups excluding carboxylic acids is 1. The van der Waals surface area contributed by atoms with E-state index in [0.717, 1.165) is 30.5 Å². The van der Waals surface area contributed by atoms with E-state index in [4.69, 9.17) is 21.7 Å². The van der Waals surface area contributed by atoms with E-state index in [-0.39, 0.29) is 5.97 Å². The molecule has 0 atom stereocenters. The maximum Gasteiger partial charge on any atom is 0.337 e. The molecule has 154 valence electrons. The lowest BCUT2D eigenvalue weighted by molar-refractivity contribution is 0.0600. The van der Waals surface area contributed by atoms with Gasteiger partial charge >= 0.3 is 5.97 Å². The van der Waals surface area contributed by atoms with Crippen molar-refractivity contribution < 1.29 is 14.3 Å². The van der Waals surface area contributed by atoms with Gasteiger partial charge in [0.25, 0.3) is 0 Å². The van der Waals surface area contributed by atoms with E-state index in [9.17, 15) is 4.79 Å². The van der Waals surface area contributed by atoms with E-state index in [1.807, 2.05) is 43.4 Å². The monoisotopic (exact) mass is 413 g/mol. The van der Waals surface area contributed by atoms with Crippen molar-refractivity contribution in [2.24, 2.45) is 5.10 Å². The molecule has 1 N–H and O–H groups in total. The highest BCUT2D eigenvalue weighted by Crippen LogP contribution is 2.18. The summed E-state index contributed by atoms with van der Waals surface area (Å²) in [6, 6.07) is 14.8. The first-order valence-corrected chi connectivity index (χ1v) is 9.90. The Morgan fingerprint density at radius 2 is 1.93 bits per heavy atom. The first-order valence-electron chi connectivity index (χ1n) is 9.49. The minimum absolute atomic E-state index is 0.356. The molecule has 0 bridgehead atoms. The molecule has 0 aliphatic heterocycles. The van der Waals surface area contributed by atoms with E-state index in [0.29, 0.717) is 23.0 Å². The zero-order valence-electron chi connectivity index (χ0n) is 17.1. The summed E-state index contributed by atoms with van der Waals surface area (Å²) >= 11 is 5.33. The summed E-state index contributed by atoms with van der Waals surface area (Å²) in [5.74, 6) is 0.358. The van der Waals surface area contributed by atoms with Crippen molar-refractivity contribution in [1.82, 2.24) is 10.3 Å². The number of methoxy groups -OCH3 is 1. The summed E-state index contributed by atoms with van der Waals surface area (Å²) in [6.07, 6.45) is 3.90. The fourth-order valence-electron chi connectivity index (χ4n) is 2.42. The molecule has 0 fully saturated rings. The molecule has 2 aromatic rings. The zero-order chi connectivity index (χ0) is 21.1. The van der Waals surface area contributed by atoms with Gasteiger partial charge in [0.1, 0.15) is 12.4 Å². The number of carbonyl (C=O) groups is 1.